The lowest BCUT2D eigenvalue weighted by atomic mass is 10.0. The summed E-state index contributed by atoms with van der Waals surface area (Å²) in [7, 11) is 3.67. The first kappa shape index (κ1) is 25.5. The van der Waals surface area contributed by atoms with Crippen LogP contribution in [0, 0.1) is 13.8 Å². The molecule has 0 amide bonds. The molecule has 0 saturated carbocycles. The topological polar surface area (TPSA) is 79.6 Å². The summed E-state index contributed by atoms with van der Waals surface area (Å²) in [5.74, 6) is 2.56. The van der Waals surface area contributed by atoms with Gasteiger partial charge in [-0.05, 0) is 37.8 Å². The maximum absolute atomic E-state index is 5.17. The predicted octanol–water partition coefficient (Wildman–Crippen LogP) is 2.40. The summed E-state index contributed by atoms with van der Waals surface area (Å²) < 4.78 is 7.14. The first-order valence-corrected chi connectivity index (χ1v) is 10.7. The Bertz CT molecular complexity index is 831. The van der Waals surface area contributed by atoms with Crippen molar-refractivity contribution in [2.75, 3.05) is 33.4 Å². The van der Waals surface area contributed by atoms with Gasteiger partial charge in [0.1, 0.15) is 12.4 Å². The van der Waals surface area contributed by atoms with Crippen LogP contribution in [0.15, 0.2) is 29.3 Å². The number of benzene rings is 1. The molecule has 0 spiro atoms. The van der Waals surface area contributed by atoms with Gasteiger partial charge in [-0.1, -0.05) is 24.3 Å². The van der Waals surface area contributed by atoms with Gasteiger partial charge >= 0.3 is 0 Å². The van der Waals surface area contributed by atoms with Crippen LogP contribution in [0.2, 0.25) is 0 Å². The van der Waals surface area contributed by atoms with Crippen LogP contribution in [0.4, 0.5) is 0 Å². The van der Waals surface area contributed by atoms with Crippen molar-refractivity contribution in [1.82, 2.24) is 30.3 Å². The molecule has 1 aliphatic rings. The molecule has 1 aliphatic heterocycles. The number of rotatable bonds is 8. The van der Waals surface area contributed by atoms with Crippen molar-refractivity contribution in [2.24, 2.45) is 12.0 Å². The van der Waals surface area contributed by atoms with Crippen molar-refractivity contribution in [3.63, 3.8) is 0 Å². The summed E-state index contributed by atoms with van der Waals surface area (Å²) >= 11 is 0. The predicted molar refractivity (Wildman–Crippen MR) is 135 cm³/mol. The number of methoxy groups -OCH3 is 1. The quantitative estimate of drug-likeness (QED) is 0.231. The maximum Gasteiger partial charge on any atom is 0.192 e. The van der Waals surface area contributed by atoms with Gasteiger partial charge in [-0.15, -0.1) is 34.2 Å². The van der Waals surface area contributed by atoms with Crippen molar-refractivity contribution >= 4 is 29.9 Å². The van der Waals surface area contributed by atoms with Crippen LogP contribution in [0.3, 0.4) is 0 Å². The molecule has 0 bridgehead atoms. The Labute approximate surface area is 202 Å². The number of guanidine groups is 1. The molecule has 1 aromatic carbocycles. The fourth-order valence-electron chi connectivity index (χ4n) is 3.62. The van der Waals surface area contributed by atoms with Crippen molar-refractivity contribution in [3.05, 3.63) is 47.0 Å². The minimum Gasteiger partial charge on any atom is -0.383 e. The van der Waals surface area contributed by atoms with Crippen LogP contribution in [0.1, 0.15) is 35.6 Å². The number of likely N-dealkylation sites (tertiary alicyclic amines) is 1. The molecule has 8 nitrogen and oxygen atoms in total. The molecule has 0 atom stereocenters. The third kappa shape index (κ3) is 7.73. The highest BCUT2D eigenvalue weighted by molar-refractivity contribution is 14.0. The molecule has 9 heteroatoms. The highest BCUT2D eigenvalue weighted by Gasteiger charge is 2.20. The lowest BCUT2D eigenvalue weighted by Gasteiger charge is -2.33. The Morgan fingerprint density at radius 1 is 1.19 bits per heavy atom. The van der Waals surface area contributed by atoms with Crippen LogP contribution in [-0.2, 0) is 24.9 Å². The molecule has 0 radical (unpaired) electrons. The van der Waals surface area contributed by atoms with Gasteiger partial charge in [0.05, 0.1) is 6.61 Å². The lowest BCUT2D eigenvalue weighted by Crippen LogP contribution is -2.49. The van der Waals surface area contributed by atoms with Gasteiger partial charge in [-0.3, -0.25) is 4.90 Å². The number of aryl methyl sites for hydroxylation is 2. The van der Waals surface area contributed by atoms with E-state index in [4.69, 9.17) is 9.73 Å². The van der Waals surface area contributed by atoms with E-state index in [1.165, 1.54) is 11.1 Å². The number of halogens is 1. The second kappa shape index (κ2) is 13.0. The first-order valence-electron chi connectivity index (χ1n) is 10.7. The summed E-state index contributed by atoms with van der Waals surface area (Å²) in [5.41, 5.74) is 2.79. The van der Waals surface area contributed by atoms with Crippen molar-refractivity contribution < 1.29 is 4.74 Å². The summed E-state index contributed by atoms with van der Waals surface area (Å²) in [6.07, 6.45) is 2.19. The molecule has 1 fully saturated rings. The molecule has 1 saturated heterocycles. The fourth-order valence-corrected chi connectivity index (χ4v) is 3.62. The van der Waals surface area contributed by atoms with E-state index in [0.29, 0.717) is 25.7 Å². The van der Waals surface area contributed by atoms with E-state index in [0.717, 1.165) is 50.1 Å². The van der Waals surface area contributed by atoms with E-state index < -0.39 is 0 Å². The van der Waals surface area contributed by atoms with Crippen molar-refractivity contribution in [1.29, 1.82) is 0 Å². The Balaban J connectivity index is 0.00000341. The smallest absolute Gasteiger partial charge is 0.192 e. The number of nitrogens with one attached hydrogen (secondary N) is 2. The highest BCUT2D eigenvalue weighted by Crippen LogP contribution is 2.16. The standard InChI is InChI=1S/C22H35N7O.HI/c1-17-7-5-6-8-19(17)16-29-12-9-20(10-13-29)25-22(23-11-14-30-4)24-15-21-27-26-18(2)28(21)3;/h5-8,20H,9-16H2,1-4H3,(H2,23,24,25);1H. The zero-order valence-corrected chi connectivity index (χ0v) is 21.4. The summed E-state index contributed by atoms with van der Waals surface area (Å²) in [6.45, 7) is 9.17. The van der Waals surface area contributed by atoms with Crippen LogP contribution < -0.4 is 10.6 Å². The minimum absolute atomic E-state index is 0. The van der Waals surface area contributed by atoms with Gasteiger partial charge in [0.15, 0.2) is 11.8 Å². The minimum atomic E-state index is 0. The maximum atomic E-state index is 5.17. The third-order valence-electron chi connectivity index (χ3n) is 5.74. The van der Waals surface area contributed by atoms with Crippen LogP contribution in [-0.4, -0.2) is 65.0 Å². The molecule has 2 heterocycles. The molecule has 31 heavy (non-hydrogen) atoms. The van der Waals surface area contributed by atoms with E-state index >= 15 is 0 Å². The number of ether oxygens (including phenoxy) is 1. The second-order valence-electron chi connectivity index (χ2n) is 7.93. The van der Waals surface area contributed by atoms with Gasteiger partial charge in [0.2, 0.25) is 0 Å². The Hall–Kier alpha value is -1.72. The number of piperidine rings is 1. The molecular formula is C22H36IN7O. The van der Waals surface area contributed by atoms with E-state index in [1.54, 1.807) is 7.11 Å². The third-order valence-corrected chi connectivity index (χ3v) is 5.74. The molecule has 2 N–H and O–H groups in total. The van der Waals surface area contributed by atoms with Gasteiger partial charge in [0.25, 0.3) is 0 Å². The molecule has 0 aliphatic carbocycles. The highest BCUT2D eigenvalue weighted by atomic mass is 127. The normalized spacial score (nSPS) is 15.5. The lowest BCUT2D eigenvalue weighted by molar-refractivity contribution is 0.196. The van der Waals surface area contributed by atoms with Crippen molar-refractivity contribution in [2.45, 2.75) is 45.8 Å². The van der Waals surface area contributed by atoms with E-state index in [2.05, 4.69) is 56.9 Å². The van der Waals surface area contributed by atoms with Gasteiger partial charge in [0, 0.05) is 46.4 Å². The van der Waals surface area contributed by atoms with Crippen LogP contribution in [0.5, 0.6) is 0 Å². The fraction of sp³-hybridized carbons (Fsp3) is 0.591. The molecule has 2 aromatic rings. The number of hydrogen-bond donors (Lipinski definition) is 2. The van der Waals surface area contributed by atoms with Gasteiger partial charge < -0.3 is 19.9 Å². The SMILES string of the molecule is COCCNC(=NCc1nnc(C)n1C)NC1CCN(Cc2ccccc2C)CC1.I. The zero-order chi connectivity index (χ0) is 21.3. The summed E-state index contributed by atoms with van der Waals surface area (Å²) in [5, 5.41) is 15.3. The second-order valence-corrected chi connectivity index (χ2v) is 7.93. The molecule has 0 unspecified atom stereocenters. The van der Waals surface area contributed by atoms with Gasteiger partial charge in [-0.25, -0.2) is 4.99 Å². The zero-order valence-electron chi connectivity index (χ0n) is 19.1. The molecular weight excluding hydrogens is 505 g/mol. The molecule has 1 aromatic heterocycles. The average Bonchev–Trinajstić information content (AvgIpc) is 3.07. The molecule has 172 valence electrons. The monoisotopic (exact) mass is 541 g/mol. The van der Waals surface area contributed by atoms with E-state index in [9.17, 15) is 0 Å². The Kier molecular flexibility index (Phi) is 10.7. The van der Waals surface area contributed by atoms with Gasteiger partial charge in [-0.2, -0.15) is 0 Å². The number of aromatic nitrogens is 3. The largest absolute Gasteiger partial charge is 0.383 e. The Morgan fingerprint density at radius 2 is 1.94 bits per heavy atom. The number of hydrogen-bond acceptors (Lipinski definition) is 5. The number of nitrogens with zero attached hydrogens (tertiary/aromatic N) is 5. The Morgan fingerprint density at radius 3 is 2.58 bits per heavy atom. The van der Waals surface area contributed by atoms with Crippen molar-refractivity contribution in [3.8, 4) is 0 Å². The summed E-state index contributed by atoms with van der Waals surface area (Å²) in [6, 6.07) is 9.07. The van der Waals surface area contributed by atoms with E-state index in [-0.39, 0.29) is 24.0 Å². The van der Waals surface area contributed by atoms with Crippen LogP contribution >= 0.6 is 24.0 Å². The van der Waals surface area contributed by atoms with E-state index in [1.807, 2.05) is 18.5 Å². The van der Waals surface area contributed by atoms with Crippen LogP contribution in [0.25, 0.3) is 0 Å². The first-order chi connectivity index (χ1) is 14.6. The average molecular weight is 541 g/mol. The number of aliphatic imine (C=N–C) groups is 1. The summed E-state index contributed by atoms with van der Waals surface area (Å²) in [4.78, 5) is 7.27. The molecule has 3 rings (SSSR count).